The highest BCUT2D eigenvalue weighted by Gasteiger charge is 2.45. The summed E-state index contributed by atoms with van der Waals surface area (Å²) >= 11 is 0. The monoisotopic (exact) mass is 446 g/mol. The molecule has 0 radical (unpaired) electrons. The number of hydrogen-bond acceptors (Lipinski definition) is 5. The van der Waals surface area contributed by atoms with Gasteiger partial charge < -0.3 is 4.90 Å². The van der Waals surface area contributed by atoms with E-state index in [1.54, 1.807) is 6.20 Å². The molecule has 0 aliphatic carbocycles. The lowest BCUT2D eigenvalue weighted by atomic mass is 10.1. The molecule has 1 aliphatic heterocycles. The minimum atomic E-state index is -4.48. The Morgan fingerprint density at radius 3 is 2.23 bits per heavy atom. The molecular weight excluding hydrogens is 417 g/mol. The molecule has 1 aliphatic rings. The maximum atomic E-state index is 13.3. The van der Waals surface area contributed by atoms with E-state index in [0.29, 0.717) is 17.7 Å². The average Bonchev–Trinajstić information content (AvgIpc) is 3.15. The third kappa shape index (κ3) is 6.66. The lowest BCUT2D eigenvalue weighted by Crippen LogP contribution is -2.35. The van der Waals surface area contributed by atoms with Gasteiger partial charge in [0.15, 0.2) is 6.04 Å². The predicted octanol–water partition coefficient (Wildman–Crippen LogP) is 4.67. The molecule has 0 saturated heterocycles. The van der Waals surface area contributed by atoms with Gasteiger partial charge in [-0.25, -0.2) is 13.6 Å². The highest BCUT2D eigenvalue weighted by Crippen LogP contribution is 2.33. The number of rotatable bonds is 6. The Kier molecular flexibility index (Phi) is 9.23. The van der Waals surface area contributed by atoms with Crippen LogP contribution in [0, 0.1) is 0 Å². The van der Waals surface area contributed by atoms with Crippen LogP contribution in [0.15, 0.2) is 50.9 Å². The predicted molar refractivity (Wildman–Crippen MR) is 116 cm³/mol. The topological polar surface area (TPSA) is 88.1 Å². The van der Waals surface area contributed by atoms with Crippen LogP contribution >= 0.6 is 0 Å². The molecule has 1 atom stereocenters. The number of sulfonamides is 1. The van der Waals surface area contributed by atoms with E-state index < -0.39 is 22.2 Å². The first kappa shape index (κ1) is 25.8. The average molecular weight is 447 g/mol. The fraction of sp³-hybridized carbons (Fsp3) is 0.500. The number of anilines is 1. The van der Waals surface area contributed by atoms with Crippen molar-refractivity contribution in [1.82, 2.24) is 0 Å². The second-order valence-electron chi connectivity index (χ2n) is 6.39. The van der Waals surface area contributed by atoms with E-state index in [1.807, 2.05) is 34.6 Å². The van der Waals surface area contributed by atoms with Gasteiger partial charge in [0.1, 0.15) is 5.84 Å². The Bertz CT molecular complexity index is 905. The third-order valence-corrected chi connectivity index (χ3v) is 5.29. The second-order valence-corrected chi connectivity index (χ2v) is 7.95. The van der Waals surface area contributed by atoms with Crippen LogP contribution in [-0.2, 0) is 10.0 Å². The minimum Gasteiger partial charge on any atom is -0.324 e. The van der Waals surface area contributed by atoms with Gasteiger partial charge in [0.2, 0.25) is 10.0 Å². The van der Waals surface area contributed by atoms with Crippen LogP contribution in [0.5, 0.6) is 0 Å². The summed E-state index contributed by atoms with van der Waals surface area (Å²) in [6.45, 7) is 9.20. The zero-order valence-electron chi connectivity index (χ0n) is 17.9. The number of halogens is 3. The first-order valence-corrected chi connectivity index (χ1v) is 11.3. The van der Waals surface area contributed by atoms with E-state index >= 15 is 0 Å². The highest BCUT2D eigenvalue weighted by atomic mass is 32.2. The Balaban J connectivity index is 0.00000218. The summed E-state index contributed by atoms with van der Waals surface area (Å²) in [5.74, 6) is 0.181. The van der Waals surface area contributed by atoms with E-state index in [-0.39, 0.29) is 17.3 Å². The molecule has 0 spiro atoms. The molecular formula is C20H29F3N4O2S. The van der Waals surface area contributed by atoms with Crippen molar-refractivity contribution in [3.05, 3.63) is 36.0 Å². The molecule has 6 nitrogen and oxygen atoms in total. The zero-order valence-corrected chi connectivity index (χ0v) is 18.7. The number of nitrogens with two attached hydrogens (primary N) is 1. The van der Waals surface area contributed by atoms with E-state index in [2.05, 4.69) is 9.98 Å². The highest BCUT2D eigenvalue weighted by molar-refractivity contribution is 7.89. The van der Waals surface area contributed by atoms with Gasteiger partial charge in [-0.05, 0) is 44.0 Å². The normalized spacial score (nSPS) is 18.1. The van der Waals surface area contributed by atoms with Gasteiger partial charge in [0.05, 0.1) is 11.4 Å². The van der Waals surface area contributed by atoms with Crippen LogP contribution in [0.1, 0.15) is 47.5 Å². The van der Waals surface area contributed by atoms with Gasteiger partial charge in [0, 0.05) is 23.2 Å². The molecule has 2 N–H and O–H groups in total. The van der Waals surface area contributed by atoms with Gasteiger partial charge in [0.25, 0.3) is 0 Å². The Labute approximate surface area is 176 Å². The molecule has 0 amide bonds. The standard InChI is InChI=1S/C18H23F3N4O2S.C2H6/c1-4-12(3)23-10-13(5-2)17-24-16(18(19,20)21)11-25(17)14-6-8-15(9-7-14)28(22,26)27;1-2/h6-10,16H,4-5,11H2,1-3H3,(H2,22,26,27);1-2H3/b13-10+,23-12?;. The molecule has 0 fully saturated rings. The zero-order chi connectivity index (χ0) is 23.1. The lowest BCUT2D eigenvalue weighted by Gasteiger charge is -2.23. The van der Waals surface area contributed by atoms with Gasteiger partial charge in [-0.1, -0.05) is 27.7 Å². The number of primary sulfonamides is 1. The van der Waals surface area contributed by atoms with Crippen molar-refractivity contribution in [2.45, 2.75) is 64.6 Å². The van der Waals surface area contributed by atoms with Crippen LogP contribution in [-0.4, -0.2) is 38.7 Å². The fourth-order valence-corrected chi connectivity index (χ4v) is 3.10. The third-order valence-electron chi connectivity index (χ3n) is 4.36. The number of nitrogens with zero attached hydrogens (tertiary/aromatic N) is 3. The van der Waals surface area contributed by atoms with Crippen LogP contribution in [0.4, 0.5) is 18.9 Å². The van der Waals surface area contributed by atoms with Crippen molar-refractivity contribution in [2.75, 3.05) is 11.4 Å². The Morgan fingerprint density at radius 2 is 1.80 bits per heavy atom. The summed E-state index contributed by atoms with van der Waals surface area (Å²) in [7, 11) is -3.89. The number of amidine groups is 1. The van der Waals surface area contributed by atoms with Crippen LogP contribution < -0.4 is 10.0 Å². The molecule has 1 aromatic carbocycles. The summed E-state index contributed by atoms with van der Waals surface area (Å²) in [6.07, 6.45) is -1.77. The van der Waals surface area contributed by atoms with E-state index in [4.69, 9.17) is 5.14 Å². The molecule has 10 heteroatoms. The molecule has 0 saturated carbocycles. The fourth-order valence-electron chi connectivity index (χ4n) is 2.58. The van der Waals surface area contributed by atoms with Crippen LogP contribution in [0.25, 0.3) is 0 Å². The molecule has 168 valence electrons. The maximum Gasteiger partial charge on any atom is 0.412 e. The van der Waals surface area contributed by atoms with Gasteiger partial charge in [-0.2, -0.15) is 13.2 Å². The summed E-state index contributed by atoms with van der Waals surface area (Å²) in [4.78, 5) is 9.50. The van der Waals surface area contributed by atoms with Crippen molar-refractivity contribution in [3.63, 3.8) is 0 Å². The van der Waals surface area contributed by atoms with E-state index in [0.717, 1.165) is 12.1 Å². The molecule has 1 heterocycles. The van der Waals surface area contributed by atoms with E-state index in [1.165, 1.54) is 29.2 Å². The van der Waals surface area contributed by atoms with Crippen LogP contribution in [0.2, 0.25) is 0 Å². The summed E-state index contributed by atoms with van der Waals surface area (Å²) in [5.41, 5.74) is 1.81. The first-order valence-electron chi connectivity index (χ1n) is 9.75. The second kappa shape index (κ2) is 10.7. The van der Waals surface area contributed by atoms with Gasteiger partial charge >= 0.3 is 6.18 Å². The molecule has 1 unspecified atom stereocenters. The number of benzene rings is 1. The Hall–Kier alpha value is -2.20. The lowest BCUT2D eigenvalue weighted by molar-refractivity contribution is -0.142. The van der Waals surface area contributed by atoms with E-state index in [9.17, 15) is 21.6 Å². The summed E-state index contributed by atoms with van der Waals surface area (Å²) in [6, 6.07) is 3.49. The molecule has 2 rings (SSSR count). The van der Waals surface area contributed by atoms with Crippen molar-refractivity contribution in [1.29, 1.82) is 0 Å². The summed E-state index contributed by atoms with van der Waals surface area (Å²) in [5, 5.41) is 5.08. The molecule has 30 heavy (non-hydrogen) atoms. The molecule has 1 aromatic rings. The number of hydrogen-bond donors (Lipinski definition) is 1. The minimum absolute atomic E-state index is 0.115. The van der Waals surface area contributed by atoms with Gasteiger partial charge in [-0.3, -0.25) is 9.98 Å². The first-order chi connectivity index (χ1) is 14.0. The smallest absolute Gasteiger partial charge is 0.324 e. The van der Waals surface area contributed by atoms with Crippen molar-refractivity contribution in [3.8, 4) is 0 Å². The number of alkyl halides is 3. The Morgan fingerprint density at radius 1 is 1.23 bits per heavy atom. The number of aliphatic imine (C=N–C) groups is 2. The van der Waals surface area contributed by atoms with Crippen LogP contribution in [0.3, 0.4) is 0 Å². The molecule has 0 bridgehead atoms. The van der Waals surface area contributed by atoms with Crippen molar-refractivity contribution >= 4 is 27.3 Å². The SMILES string of the molecule is CC.CCC(C)=N/C=C(\CC)C1=NC(C(F)(F)F)CN1c1ccc(S(N)(=O)=O)cc1. The maximum absolute atomic E-state index is 13.3. The molecule has 0 aromatic heterocycles. The van der Waals surface area contributed by atoms with Crippen molar-refractivity contribution < 1.29 is 21.6 Å². The quantitative estimate of drug-likeness (QED) is 0.644. The van der Waals surface area contributed by atoms with Gasteiger partial charge in [-0.15, -0.1) is 0 Å². The van der Waals surface area contributed by atoms with Crippen molar-refractivity contribution in [2.24, 2.45) is 15.1 Å². The largest absolute Gasteiger partial charge is 0.412 e. The summed E-state index contributed by atoms with van der Waals surface area (Å²) < 4.78 is 62.7.